The summed E-state index contributed by atoms with van der Waals surface area (Å²) in [5.74, 6) is -0.717. The maximum atomic E-state index is 14.0. The van der Waals surface area contributed by atoms with Crippen molar-refractivity contribution >= 4 is 23.2 Å². The van der Waals surface area contributed by atoms with Gasteiger partial charge in [0.15, 0.2) is 0 Å². The second kappa shape index (κ2) is 7.42. The molecule has 0 aliphatic rings. The van der Waals surface area contributed by atoms with Gasteiger partial charge in [-0.1, -0.05) is 60.5 Å². The third-order valence-corrected chi connectivity index (χ3v) is 4.48. The minimum atomic E-state index is -1.13. The molecule has 2 nitrogen and oxygen atoms in total. The molecule has 0 radical (unpaired) electrons. The lowest BCUT2D eigenvalue weighted by atomic mass is 9.88. The predicted octanol–water partition coefficient (Wildman–Crippen LogP) is 4.37. The van der Waals surface area contributed by atoms with Gasteiger partial charge in [-0.15, -0.1) is 0 Å². The first-order chi connectivity index (χ1) is 10.4. The van der Waals surface area contributed by atoms with Gasteiger partial charge in [-0.25, -0.2) is 4.39 Å². The van der Waals surface area contributed by atoms with Gasteiger partial charge in [0.25, 0.3) is 0 Å². The van der Waals surface area contributed by atoms with E-state index < -0.39 is 18.0 Å². The lowest BCUT2D eigenvalue weighted by Crippen LogP contribution is -2.36. The largest absolute Gasteiger partial charge is 0.387 e. The topological polar surface area (TPSA) is 46.2 Å². The van der Waals surface area contributed by atoms with Crippen LogP contribution in [0.15, 0.2) is 42.5 Å². The molecular weight excluding hydrogens is 324 g/mol. The van der Waals surface area contributed by atoms with E-state index in [9.17, 15) is 9.50 Å². The summed E-state index contributed by atoms with van der Waals surface area (Å²) in [6.07, 6.45) is -0.531. The average Bonchev–Trinajstić information content (AvgIpc) is 2.51. The van der Waals surface area contributed by atoms with Crippen LogP contribution in [0.1, 0.15) is 24.2 Å². The average molecular weight is 342 g/mol. The third-order valence-electron chi connectivity index (χ3n) is 3.82. The van der Waals surface area contributed by atoms with Gasteiger partial charge in [0.05, 0.1) is 11.1 Å². The molecular formula is C17H18Cl2FNO. The molecule has 0 aromatic heterocycles. The Balaban J connectivity index is 2.14. The van der Waals surface area contributed by atoms with E-state index in [1.54, 1.807) is 6.07 Å². The van der Waals surface area contributed by atoms with Crippen molar-refractivity contribution in [2.75, 3.05) is 0 Å². The van der Waals surface area contributed by atoms with Crippen LogP contribution in [-0.4, -0.2) is 11.1 Å². The van der Waals surface area contributed by atoms with Gasteiger partial charge in [0.2, 0.25) is 0 Å². The standard InChI is InChI=1S/C17H18Cl2FNO/c1-10(9-11-5-2-3-7-13(11)18)16(21)17(22)12-6-4-8-14(19)15(12)20/h2-8,10,16-17,22H,9,21H2,1H3. The van der Waals surface area contributed by atoms with Gasteiger partial charge in [-0.2, -0.15) is 0 Å². The molecule has 0 heterocycles. The van der Waals surface area contributed by atoms with Crippen LogP contribution in [-0.2, 0) is 6.42 Å². The fourth-order valence-corrected chi connectivity index (χ4v) is 2.81. The minimum absolute atomic E-state index is 0.0255. The Morgan fingerprint density at radius 2 is 1.73 bits per heavy atom. The van der Waals surface area contributed by atoms with E-state index in [0.29, 0.717) is 11.4 Å². The van der Waals surface area contributed by atoms with Crippen LogP contribution in [0.5, 0.6) is 0 Å². The van der Waals surface area contributed by atoms with E-state index in [2.05, 4.69) is 0 Å². The Bertz CT molecular complexity index is 650. The van der Waals surface area contributed by atoms with Gasteiger partial charge >= 0.3 is 0 Å². The summed E-state index contributed by atoms with van der Waals surface area (Å²) in [6.45, 7) is 1.90. The number of benzene rings is 2. The molecule has 22 heavy (non-hydrogen) atoms. The zero-order chi connectivity index (χ0) is 16.3. The van der Waals surface area contributed by atoms with Crippen molar-refractivity contribution in [2.45, 2.75) is 25.5 Å². The number of nitrogens with two attached hydrogens (primary N) is 1. The Labute approximate surface area is 139 Å². The van der Waals surface area contributed by atoms with E-state index in [4.69, 9.17) is 28.9 Å². The molecule has 0 aliphatic heterocycles. The highest BCUT2D eigenvalue weighted by molar-refractivity contribution is 6.31. The fourth-order valence-electron chi connectivity index (χ4n) is 2.41. The SMILES string of the molecule is CC(Cc1ccccc1Cl)C(N)C(O)c1cccc(Cl)c1F. The third kappa shape index (κ3) is 3.79. The summed E-state index contributed by atoms with van der Waals surface area (Å²) in [7, 11) is 0. The zero-order valence-electron chi connectivity index (χ0n) is 12.1. The molecule has 0 amide bonds. The van der Waals surface area contributed by atoms with E-state index in [-0.39, 0.29) is 16.5 Å². The first-order valence-electron chi connectivity index (χ1n) is 7.02. The molecule has 0 fully saturated rings. The maximum Gasteiger partial charge on any atom is 0.147 e. The van der Waals surface area contributed by atoms with Crippen molar-refractivity contribution in [2.24, 2.45) is 11.7 Å². The van der Waals surface area contributed by atoms with E-state index in [1.165, 1.54) is 12.1 Å². The predicted molar refractivity (Wildman–Crippen MR) is 88.7 cm³/mol. The van der Waals surface area contributed by atoms with Crippen LogP contribution in [0.25, 0.3) is 0 Å². The van der Waals surface area contributed by atoms with Crippen LogP contribution in [0, 0.1) is 11.7 Å². The summed E-state index contributed by atoms with van der Waals surface area (Å²) in [5.41, 5.74) is 7.17. The molecule has 3 unspecified atom stereocenters. The number of halogens is 3. The zero-order valence-corrected chi connectivity index (χ0v) is 13.7. The Hall–Kier alpha value is -1.13. The van der Waals surface area contributed by atoms with Crippen molar-refractivity contribution in [3.8, 4) is 0 Å². The van der Waals surface area contributed by atoms with Gasteiger partial charge in [-0.3, -0.25) is 0 Å². The summed E-state index contributed by atoms with van der Waals surface area (Å²) in [4.78, 5) is 0. The van der Waals surface area contributed by atoms with E-state index in [0.717, 1.165) is 5.56 Å². The molecule has 0 spiro atoms. The van der Waals surface area contributed by atoms with Crippen LogP contribution >= 0.6 is 23.2 Å². The van der Waals surface area contributed by atoms with Crippen molar-refractivity contribution < 1.29 is 9.50 Å². The van der Waals surface area contributed by atoms with Gasteiger partial charge in [0.1, 0.15) is 5.82 Å². The summed E-state index contributed by atoms with van der Waals surface area (Å²) in [5, 5.41) is 11.0. The maximum absolute atomic E-state index is 14.0. The highest BCUT2D eigenvalue weighted by atomic mass is 35.5. The smallest absolute Gasteiger partial charge is 0.147 e. The Morgan fingerprint density at radius 1 is 1.09 bits per heavy atom. The van der Waals surface area contributed by atoms with Crippen LogP contribution < -0.4 is 5.73 Å². The number of hydrogen-bond acceptors (Lipinski definition) is 2. The van der Waals surface area contributed by atoms with Crippen molar-refractivity contribution in [3.63, 3.8) is 0 Å². The number of aliphatic hydroxyl groups is 1. The summed E-state index contributed by atoms with van der Waals surface area (Å²) in [6, 6.07) is 11.4. The fraction of sp³-hybridized carbons (Fsp3) is 0.294. The highest BCUT2D eigenvalue weighted by Gasteiger charge is 2.26. The van der Waals surface area contributed by atoms with Gasteiger partial charge in [0, 0.05) is 16.6 Å². The van der Waals surface area contributed by atoms with Crippen molar-refractivity contribution in [1.29, 1.82) is 0 Å². The molecule has 118 valence electrons. The molecule has 2 aromatic carbocycles. The summed E-state index contributed by atoms with van der Waals surface area (Å²) >= 11 is 11.9. The molecule has 2 aromatic rings. The van der Waals surface area contributed by atoms with Gasteiger partial charge < -0.3 is 10.8 Å². The Morgan fingerprint density at radius 3 is 2.41 bits per heavy atom. The highest BCUT2D eigenvalue weighted by Crippen LogP contribution is 2.29. The number of hydrogen-bond donors (Lipinski definition) is 2. The quantitative estimate of drug-likeness (QED) is 0.847. The molecule has 2 rings (SSSR count). The lowest BCUT2D eigenvalue weighted by molar-refractivity contribution is 0.118. The molecule has 0 saturated carbocycles. The van der Waals surface area contributed by atoms with Crippen LogP contribution in [0.4, 0.5) is 4.39 Å². The molecule has 0 bridgehead atoms. The molecule has 5 heteroatoms. The molecule has 3 N–H and O–H groups in total. The molecule has 3 atom stereocenters. The van der Waals surface area contributed by atoms with Crippen LogP contribution in [0.3, 0.4) is 0 Å². The lowest BCUT2D eigenvalue weighted by Gasteiger charge is -2.26. The van der Waals surface area contributed by atoms with E-state index >= 15 is 0 Å². The minimum Gasteiger partial charge on any atom is -0.387 e. The Kier molecular flexibility index (Phi) is 5.81. The first-order valence-corrected chi connectivity index (χ1v) is 7.78. The van der Waals surface area contributed by atoms with E-state index in [1.807, 2.05) is 31.2 Å². The number of rotatable bonds is 5. The molecule has 0 saturated heterocycles. The normalized spacial score (nSPS) is 15.4. The van der Waals surface area contributed by atoms with Crippen molar-refractivity contribution in [1.82, 2.24) is 0 Å². The number of aliphatic hydroxyl groups excluding tert-OH is 1. The first kappa shape index (κ1) is 17.2. The molecule has 0 aliphatic carbocycles. The second-order valence-electron chi connectivity index (χ2n) is 5.44. The summed E-state index contributed by atoms with van der Waals surface area (Å²) < 4.78 is 14.0. The van der Waals surface area contributed by atoms with Gasteiger partial charge in [-0.05, 0) is 30.0 Å². The van der Waals surface area contributed by atoms with Crippen molar-refractivity contribution in [3.05, 3.63) is 69.5 Å². The monoisotopic (exact) mass is 341 g/mol. The van der Waals surface area contributed by atoms with Crippen LogP contribution in [0.2, 0.25) is 10.0 Å². The second-order valence-corrected chi connectivity index (χ2v) is 6.25.